The van der Waals surface area contributed by atoms with Crippen LogP contribution < -0.4 is 15.5 Å². The number of carbonyl (C=O) groups is 2. The molecular formula is C20H25BrN3O2+. The minimum atomic E-state index is -0.119. The van der Waals surface area contributed by atoms with Crippen molar-refractivity contribution in [1.29, 1.82) is 0 Å². The minimum Gasteiger partial charge on any atom is -0.322 e. The standard InChI is InChI=1S/C20H24BrN3O2/c1-4-15-7-5-6-8-18(15)23-20(26)13-24(3)12-19(25)22-16-9-10-17(21)14(2)11-16/h5-11H,4,12-13H2,1-3H3,(H,22,25)(H,23,26)/p+1. The molecule has 0 aliphatic heterocycles. The van der Waals surface area contributed by atoms with Crippen molar-refractivity contribution in [2.24, 2.45) is 0 Å². The van der Waals surface area contributed by atoms with E-state index in [1.165, 1.54) is 0 Å². The van der Waals surface area contributed by atoms with Crippen LogP contribution in [0.5, 0.6) is 0 Å². The largest absolute Gasteiger partial charge is 0.322 e. The summed E-state index contributed by atoms with van der Waals surface area (Å²) in [6.07, 6.45) is 0.855. The van der Waals surface area contributed by atoms with Crippen molar-refractivity contribution in [3.05, 3.63) is 58.1 Å². The molecule has 2 amide bonds. The summed E-state index contributed by atoms with van der Waals surface area (Å²) >= 11 is 3.44. The topological polar surface area (TPSA) is 62.6 Å². The van der Waals surface area contributed by atoms with Crippen LogP contribution in [0.2, 0.25) is 0 Å². The summed E-state index contributed by atoms with van der Waals surface area (Å²) < 4.78 is 1.00. The molecule has 0 heterocycles. The van der Waals surface area contributed by atoms with Crippen molar-refractivity contribution in [3.8, 4) is 0 Å². The molecule has 2 aromatic carbocycles. The number of para-hydroxylation sites is 1. The van der Waals surface area contributed by atoms with Gasteiger partial charge in [-0.25, -0.2) is 0 Å². The number of quaternary nitrogens is 1. The molecule has 0 aliphatic rings. The van der Waals surface area contributed by atoms with Crippen LogP contribution in [0, 0.1) is 6.92 Å². The Bertz CT molecular complexity index is 792. The molecule has 2 aromatic rings. The van der Waals surface area contributed by atoms with E-state index in [1.54, 1.807) is 0 Å². The van der Waals surface area contributed by atoms with E-state index < -0.39 is 0 Å². The maximum absolute atomic E-state index is 12.2. The van der Waals surface area contributed by atoms with E-state index >= 15 is 0 Å². The maximum atomic E-state index is 12.2. The number of carbonyl (C=O) groups excluding carboxylic acids is 2. The monoisotopic (exact) mass is 418 g/mol. The van der Waals surface area contributed by atoms with E-state index in [1.807, 2.05) is 56.4 Å². The summed E-state index contributed by atoms with van der Waals surface area (Å²) in [6.45, 7) is 4.47. The number of anilines is 2. The highest BCUT2D eigenvalue weighted by atomic mass is 79.9. The summed E-state index contributed by atoms with van der Waals surface area (Å²) in [5.74, 6) is -0.221. The number of nitrogens with one attached hydrogen (secondary N) is 3. The van der Waals surface area contributed by atoms with Crippen molar-refractivity contribution in [2.75, 3.05) is 30.8 Å². The van der Waals surface area contributed by atoms with Crippen LogP contribution in [0.4, 0.5) is 11.4 Å². The van der Waals surface area contributed by atoms with Gasteiger partial charge in [0, 0.05) is 15.8 Å². The van der Waals surface area contributed by atoms with Crippen LogP contribution in [0.3, 0.4) is 0 Å². The van der Waals surface area contributed by atoms with Gasteiger partial charge in [0.15, 0.2) is 13.1 Å². The van der Waals surface area contributed by atoms with E-state index in [0.717, 1.165) is 38.3 Å². The number of likely N-dealkylation sites (N-methyl/N-ethyl adjacent to an activating group) is 1. The molecule has 0 aliphatic carbocycles. The zero-order valence-corrected chi connectivity index (χ0v) is 16.9. The van der Waals surface area contributed by atoms with E-state index in [0.29, 0.717) is 0 Å². The van der Waals surface area contributed by atoms with E-state index in [9.17, 15) is 9.59 Å². The first-order valence-corrected chi connectivity index (χ1v) is 9.43. The lowest BCUT2D eigenvalue weighted by Crippen LogP contribution is -3.11. The van der Waals surface area contributed by atoms with Crippen LogP contribution in [0.15, 0.2) is 46.9 Å². The molecule has 138 valence electrons. The van der Waals surface area contributed by atoms with Crippen LogP contribution in [0.25, 0.3) is 0 Å². The van der Waals surface area contributed by atoms with Gasteiger partial charge in [-0.05, 0) is 48.7 Å². The summed E-state index contributed by atoms with van der Waals surface area (Å²) in [4.78, 5) is 25.3. The predicted molar refractivity (Wildman–Crippen MR) is 109 cm³/mol. The lowest BCUT2D eigenvalue weighted by molar-refractivity contribution is -0.862. The fraction of sp³-hybridized carbons (Fsp3) is 0.300. The minimum absolute atomic E-state index is 0.101. The Morgan fingerprint density at radius 2 is 1.69 bits per heavy atom. The lowest BCUT2D eigenvalue weighted by Gasteiger charge is -2.15. The van der Waals surface area contributed by atoms with Crippen LogP contribution in [0.1, 0.15) is 18.1 Å². The molecule has 1 unspecified atom stereocenters. The van der Waals surface area contributed by atoms with Gasteiger partial charge in [0.2, 0.25) is 0 Å². The quantitative estimate of drug-likeness (QED) is 0.646. The van der Waals surface area contributed by atoms with Gasteiger partial charge in [-0.2, -0.15) is 0 Å². The van der Waals surface area contributed by atoms with Crippen molar-refractivity contribution in [1.82, 2.24) is 0 Å². The molecule has 0 saturated carbocycles. The molecule has 0 bridgehead atoms. The average molecular weight is 419 g/mol. The van der Waals surface area contributed by atoms with Crippen LogP contribution in [-0.4, -0.2) is 32.0 Å². The molecule has 5 nitrogen and oxygen atoms in total. The van der Waals surface area contributed by atoms with Crippen molar-refractivity contribution in [2.45, 2.75) is 20.3 Å². The highest BCUT2D eigenvalue weighted by molar-refractivity contribution is 9.10. The van der Waals surface area contributed by atoms with Crippen LogP contribution in [-0.2, 0) is 16.0 Å². The molecule has 1 atom stereocenters. The number of hydrogen-bond acceptors (Lipinski definition) is 2. The Kier molecular flexibility index (Phi) is 7.36. The highest BCUT2D eigenvalue weighted by Gasteiger charge is 2.15. The second-order valence-electron chi connectivity index (χ2n) is 6.38. The third kappa shape index (κ3) is 5.97. The predicted octanol–water partition coefficient (Wildman–Crippen LogP) is 2.41. The first kappa shape index (κ1) is 20.1. The van der Waals surface area contributed by atoms with Gasteiger partial charge in [0.25, 0.3) is 11.8 Å². The Hall–Kier alpha value is -2.18. The van der Waals surface area contributed by atoms with Gasteiger partial charge < -0.3 is 15.5 Å². The third-order valence-corrected chi connectivity index (χ3v) is 4.93. The van der Waals surface area contributed by atoms with Crippen molar-refractivity contribution < 1.29 is 14.5 Å². The van der Waals surface area contributed by atoms with E-state index in [2.05, 4.69) is 33.5 Å². The molecule has 3 N–H and O–H groups in total. The van der Waals surface area contributed by atoms with Gasteiger partial charge in [-0.3, -0.25) is 9.59 Å². The summed E-state index contributed by atoms with van der Waals surface area (Å²) in [6, 6.07) is 13.4. The number of rotatable bonds is 7. The number of aryl methyl sites for hydroxylation is 2. The molecule has 6 heteroatoms. The first-order chi connectivity index (χ1) is 12.4. The molecule has 0 aromatic heterocycles. The van der Waals surface area contributed by atoms with Crippen LogP contribution >= 0.6 is 15.9 Å². The van der Waals surface area contributed by atoms with Gasteiger partial charge in [-0.1, -0.05) is 41.1 Å². The lowest BCUT2D eigenvalue weighted by atomic mass is 10.1. The smallest absolute Gasteiger partial charge is 0.279 e. The number of hydrogen-bond donors (Lipinski definition) is 3. The number of halogens is 1. The molecule has 0 fully saturated rings. The molecule has 0 spiro atoms. The SMILES string of the molecule is CCc1ccccc1NC(=O)C[NH+](C)CC(=O)Nc1ccc(Br)c(C)c1. The number of amides is 2. The average Bonchev–Trinajstić information content (AvgIpc) is 2.58. The molecule has 26 heavy (non-hydrogen) atoms. The highest BCUT2D eigenvalue weighted by Crippen LogP contribution is 2.19. The molecular weight excluding hydrogens is 394 g/mol. The Morgan fingerprint density at radius 3 is 2.35 bits per heavy atom. The Balaban J connectivity index is 1.85. The second-order valence-corrected chi connectivity index (χ2v) is 7.24. The first-order valence-electron chi connectivity index (χ1n) is 8.64. The maximum Gasteiger partial charge on any atom is 0.279 e. The molecule has 0 saturated heterocycles. The number of benzene rings is 2. The van der Waals surface area contributed by atoms with Crippen molar-refractivity contribution in [3.63, 3.8) is 0 Å². The third-order valence-electron chi connectivity index (χ3n) is 4.04. The fourth-order valence-electron chi connectivity index (χ4n) is 2.68. The van der Waals surface area contributed by atoms with Gasteiger partial charge >= 0.3 is 0 Å². The van der Waals surface area contributed by atoms with Gasteiger partial charge in [0.1, 0.15) is 0 Å². The molecule has 0 radical (unpaired) electrons. The Morgan fingerprint density at radius 1 is 1.04 bits per heavy atom. The summed E-state index contributed by atoms with van der Waals surface area (Å²) in [7, 11) is 1.83. The fourth-order valence-corrected chi connectivity index (χ4v) is 2.93. The van der Waals surface area contributed by atoms with Gasteiger partial charge in [-0.15, -0.1) is 0 Å². The zero-order chi connectivity index (χ0) is 19.1. The van der Waals surface area contributed by atoms with E-state index in [-0.39, 0.29) is 24.9 Å². The summed E-state index contributed by atoms with van der Waals surface area (Å²) in [5, 5.41) is 5.80. The second kappa shape index (κ2) is 9.50. The summed E-state index contributed by atoms with van der Waals surface area (Å²) in [5.41, 5.74) is 3.74. The van der Waals surface area contributed by atoms with Crippen molar-refractivity contribution >= 4 is 39.1 Å². The molecule has 2 rings (SSSR count). The normalized spacial score (nSPS) is 11.7. The van der Waals surface area contributed by atoms with Gasteiger partial charge in [0.05, 0.1) is 7.05 Å². The Labute approximate surface area is 162 Å². The van der Waals surface area contributed by atoms with E-state index in [4.69, 9.17) is 0 Å². The zero-order valence-electron chi connectivity index (χ0n) is 15.4.